The lowest BCUT2D eigenvalue weighted by atomic mass is 10.1. The number of halogens is 2. The van der Waals surface area contributed by atoms with Gasteiger partial charge in [0, 0.05) is 0 Å². The highest BCUT2D eigenvalue weighted by molar-refractivity contribution is 6.49. The average Bonchev–Trinajstić information content (AvgIpc) is 2.90. The normalized spacial score (nSPS) is 22.9. The fourth-order valence-electron chi connectivity index (χ4n) is 2.80. The molecule has 1 fully saturated rings. The molecule has 1 aliphatic rings. The molecule has 154 valence electrons. The van der Waals surface area contributed by atoms with Crippen molar-refractivity contribution >= 4 is 35.1 Å². The van der Waals surface area contributed by atoms with Crippen molar-refractivity contribution in [2.24, 2.45) is 0 Å². The molecule has 0 aliphatic carbocycles. The summed E-state index contributed by atoms with van der Waals surface area (Å²) in [5.41, 5.74) is 2.62. The fraction of sp³-hybridized carbons (Fsp3) is 0.333. The highest BCUT2D eigenvalue weighted by atomic mass is 35.5. The Balaban J connectivity index is 1.69. The fourth-order valence-corrected chi connectivity index (χ4v) is 3.27. The molecule has 8 heteroatoms. The number of aliphatic hydroxyl groups excluding tert-OH is 1. The van der Waals surface area contributed by atoms with Gasteiger partial charge in [-0.1, -0.05) is 58.6 Å². The summed E-state index contributed by atoms with van der Waals surface area (Å²) in [5.74, 6) is -1.28. The van der Waals surface area contributed by atoms with Crippen LogP contribution in [0.25, 0.3) is 0 Å². The molecule has 2 aromatic rings. The van der Waals surface area contributed by atoms with E-state index in [2.05, 4.69) is 0 Å². The molecule has 0 aromatic heterocycles. The lowest BCUT2D eigenvalue weighted by Crippen LogP contribution is -2.42. The van der Waals surface area contributed by atoms with E-state index < -0.39 is 34.8 Å². The molecule has 0 bridgehead atoms. The topological polar surface area (TPSA) is 82.1 Å². The number of aryl methyl sites for hydroxylation is 2. The Bertz CT molecular complexity index is 879. The average molecular weight is 439 g/mol. The van der Waals surface area contributed by atoms with Crippen molar-refractivity contribution in [2.75, 3.05) is 6.61 Å². The van der Waals surface area contributed by atoms with E-state index in [0.717, 1.165) is 11.1 Å². The third-order valence-corrected chi connectivity index (χ3v) is 5.34. The Morgan fingerprint density at radius 2 is 1.45 bits per heavy atom. The molecule has 3 rings (SSSR count). The van der Waals surface area contributed by atoms with Crippen molar-refractivity contribution in [3.63, 3.8) is 0 Å². The van der Waals surface area contributed by atoms with Gasteiger partial charge < -0.3 is 19.3 Å². The number of carbonyl (C=O) groups is 2. The number of ether oxygens (including phenoxy) is 3. The highest BCUT2D eigenvalue weighted by Crippen LogP contribution is 2.41. The zero-order chi connectivity index (χ0) is 21.2. The number of hydrogen-bond acceptors (Lipinski definition) is 6. The standard InChI is InChI=1S/C21H20Cl2O6/c1-12-3-7-14(8-4-12)18(24)27-11-16-17(21(22,23)20(26)28-16)29-19(25)15-9-5-13(2)6-10-15/h3-10,16-17,20,26H,11H2,1-2H3/t16-,17+,20?/m0/s1. The van der Waals surface area contributed by atoms with Crippen molar-refractivity contribution in [3.8, 4) is 0 Å². The number of rotatable bonds is 5. The first-order chi connectivity index (χ1) is 13.7. The van der Waals surface area contributed by atoms with Gasteiger partial charge in [-0.2, -0.15) is 0 Å². The Morgan fingerprint density at radius 3 is 1.97 bits per heavy atom. The van der Waals surface area contributed by atoms with Gasteiger partial charge in [0.15, 0.2) is 12.4 Å². The van der Waals surface area contributed by atoms with E-state index >= 15 is 0 Å². The van der Waals surface area contributed by atoms with E-state index in [1.807, 2.05) is 13.8 Å². The molecule has 0 amide bonds. The molecule has 0 radical (unpaired) electrons. The van der Waals surface area contributed by atoms with Crippen molar-refractivity contribution in [3.05, 3.63) is 70.8 Å². The summed E-state index contributed by atoms with van der Waals surface area (Å²) in [6.07, 6.45) is -3.91. The summed E-state index contributed by atoms with van der Waals surface area (Å²) >= 11 is 12.3. The minimum absolute atomic E-state index is 0.288. The number of hydrogen-bond donors (Lipinski definition) is 1. The Labute approximate surface area is 178 Å². The molecule has 3 atom stereocenters. The Hall–Kier alpha value is -2.12. The van der Waals surface area contributed by atoms with E-state index in [4.69, 9.17) is 37.4 Å². The van der Waals surface area contributed by atoms with Gasteiger partial charge in [-0.3, -0.25) is 0 Å². The molecule has 1 unspecified atom stereocenters. The molecule has 1 heterocycles. The zero-order valence-electron chi connectivity index (χ0n) is 15.8. The first-order valence-electron chi connectivity index (χ1n) is 8.91. The molecule has 0 spiro atoms. The molecule has 2 aromatic carbocycles. The summed E-state index contributed by atoms with van der Waals surface area (Å²) in [6, 6.07) is 13.5. The van der Waals surface area contributed by atoms with E-state index in [1.54, 1.807) is 48.5 Å². The maximum Gasteiger partial charge on any atom is 0.338 e. The van der Waals surface area contributed by atoms with Crippen LogP contribution in [0, 0.1) is 13.8 Å². The molecule has 29 heavy (non-hydrogen) atoms. The van der Waals surface area contributed by atoms with Crippen molar-refractivity contribution < 1.29 is 28.9 Å². The first kappa shape index (κ1) is 21.6. The minimum Gasteiger partial charge on any atom is -0.459 e. The maximum absolute atomic E-state index is 12.5. The SMILES string of the molecule is Cc1ccc(C(=O)OC[C@@H]2OC(O)C(Cl)(Cl)[C@@H]2OC(=O)c2ccc(C)cc2)cc1. The van der Waals surface area contributed by atoms with Crippen LogP contribution in [0.4, 0.5) is 0 Å². The van der Waals surface area contributed by atoms with Crippen LogP contribution in [0.3, 0.4) is 0 Å². The van der Waals surface area contributed by atoms with Crippen molar-refractivity contribution in [2.45, 2.75) is 36.7 Å². The van der Waals surface area contributed by atoms with Crippen LogP contribution in [-0.2, 0) is 14.2 Å². The summed E-state index contributed by atoms with van der Waals surface area (Å²) < 4.78 is 14.0. The second-order valence-corrected chi connectivity index (χ2v) is 8.30. The van der Waals surface area contributed by atoms with Gasteiger partial charge in [-0.15, -0.1) is 0 Å². The molecule has 1 aliphatic heterocycles. The molecule has 1 saturated heterocycles. The Kier molecular flexibility index (Phi) is 6.49. The van der Waals surface area contributed by atoms with Crippen LogP contribution in [0.15, 0.2) is 48.5 Å². The summed E-state index contributed by atoms with van der Waals surface area (Å²) in [4.78, 5) is 24.7. The van der Waals surface area contributed by atoms with Gasteiger partial charge in [-0.05, 0) is 38.1 Å². The lowest BCUT2D eigenvalue weighted by molar-refractivity contribution is -0.111. The number of aliphatic hydroxyl groups is 1. The van der Waals surface area contributed by atoms with E-state index in [1.165, 1.54) is 0 Å². The van der Waals surface area contributed by atoms with Crippen LogP contribution in [0.5, 0.6) is 0 Å². The summed E-state index contributed by atoms with van der Waals surface area (Å²) in [6.45, 7) is 3.48. The molecule has 6 nitrogen and oxygen atoms in total. The molecule has 0 saturated carbocycles. The van der Waals surface area contributed by atoms with Gasteiger partial charge in [0.2, 0.25) is 4.33 Å². The van der Waals surface area contributed by atoms with Crippen molar-refractivity contribution in [1.29, 1.82) is 0 Å². The quantitative estimate of drug-likeness (QED) is 0.567. The first-order valence-corrected chi connectivity index (χ1v) is 9.67. The smallest absolute Gasteiger partial charge is 0.338 e. The third kappa shape index (κ3) is 4.90. The largest absolute Gasteiger partial charge is 0.459 e. The second kappa shape index (κ2) is 8.71. The zero-order valence-corrected chi connectivity index (χ0v) is 17.3. The minimum atomic E-state index is -1.92. The van der Waals surface area contributed by atoms with E-state index in [-0.39, 0.29) is 12.2 Å². The number of esters is 2. The maximum atomic E-state index is 12.5. The van der Waals surface area contributed by atoms with Crippen LogP contribution < -0.4 is 0 Å². The highest BCUT2D eigenvalue weighted by Gasteiger charge is 2.57. The van der Waals surface area contributed by atoms with Gasteiger partial charge in [0.05, 0.1) is 11.1 Å². The van der Waals surface area contributed by atoms with Gasteiger partial charge in [0.25, 0.3) is 0 Å². The van der Waals surface area contributed by atoms with Gasteiger partial charge in [0.1, 0.15) is 12.7 Å². The number of carbonyl (C=O) groups excluding carboxylic acids is 2. The van der Waals surface area contributed by atoms with E-state index in [0.29, 0.717) is 5.56 Å². The Morgan fingerprint density at radius 1 is 0.966 bits per heavy atom. The van der Waals surface area contributed by atoms with Crippen LogP contribution in [0.2, 0.25) is 0 Å². The van der Waals surface area contributed by atoms with Crippen molar-refractivity contribution in [1.82, 2.24) is 0 Å². The molecule has 1 N–H and O–H groups in total. The second-order valence-electron chi connectivity index (χ2n) is 6.86. The third-order valence-electron chi connectivity index (χ3n) is 4.54. The molecular formula is C21H20Cl2O6. The van der Waals surface area contributed by atoms with Crippen LogP contribution in [-0.4, -0.2) is 46.5 Å². The monoisotopic (exact) mass is 438 g/mol. The molecular weight excluding hydrogens is 419 g/mol. The lowest BCUT2D eigenvalue weighted by Gasteiger charge is -2.25. The summed E-state index contributed by atoms with van der Waals surface area (Å²) in [7, 11) is 0. The predicted octanol–water partition coefficient (Wildman–Crippen LogP) is 3.58. The van der Waals surface area contributed by atoms with E-state index in [9.17, 15) is 14.7 Å². The van der Waals surface area contributed by atoms with Gasteiger partial charge in [-0.25, -0.2) is 9.59 Å². The van der Waals surface area contributed by atoms with Crippen LogP contribution >= 0.6 is 23.2 Å². The van der Waals surface area contributed by atoms with Crippen LogP contribution in [0.1, 0.15) is 31.8 Å². The predicted molar refractivity (Wildman–Crippen MR) is 107 cm³/mol. The number of alkyl halides is 2. The van der Waals surface area contributed by atoms with Gasteiger partial charge >= 0.3 is 11.9 Å². The summed E-state index contributed by atoms with van der Waals surface area (Å²) in [5, 5.41) is 10.0. The number of benzene rings is 2.